The maximum atomic E-state index is 11.9. The predicted molar refractivity (Wildman–Crippen MR) is 68.6 cm³/mol. The van der Waals surface area contributed by atoms with E-state index < -0.39 is 0 Å². The summed E-state index contributed by atoms with van der Waals surface area (Å²) < 4.78 is 5.42. The summed E-state index contributed by atoms with van der Waals surface area (Å²) in [5.74, 6) is 1.00. The van der Waals surface area contributed by atoms with Gasteiger partial charge in [-0.05, 0) is 38.1 Å². The quantitative estimate of drug-likeness (QED) is 0.737. The molecule has 0 bridgehead atoms. The van der Waals surface area contributed by atoms with E-state index in [0.717, 1.165) is 19.4 Å². The van der Waals surface area contributed by atoms with Crippen LogP contribution in [0.5, 0.6) is 0 Å². The van der Waals surface area contributed by atoms with Crippen molar-refractivity contribution in [1.82, 2.24) is 5.32 Å². The van der Waals surface area contributed by atoms with Crippen LogP contribution in [0.2, 0.25) is 0 Å². The van der Waals surface area contributed by atoms with Gasteiger partial charge in [-0.3, -0.25) is 4.79 Å². The lowest BCUT2D eigenvalue weighted by molar-refractivity contribution is -0.123. The maximum absolute atomic E-state index is 11.9. The van der Waals surface area contributed by atoms with Gasteiger partial charge in [0.05, 0.1) is 12.1 Å². The molecule has 1 fully saturated rings. The molecule has 0 aliphatic carbocycles. The molecule has 100 valence electrons. The van der Waals surface area contributed by atoms with Crippen LogP contribution in [0.3, 0.4) is 0 Å². The largest absolute Gasteiger partial charge is 0.376 e. The van der Waals surface area contributed by atoms with E-state index in [4.69, 9.17) is 10.5 Å². The summed E-state index contributed by atoms with van der Waals surface area (Å²) in [6.07, 6.45) is 2.61. The van der Waals surface area contributed by atoms with Crippen molar-refractivity contribution >= 4 is 5.91 Å². The Morgan fingerprint density at radius 1 is 1.53 bits per heavy atom. The predicted octanol–water partition coefficient (Wildman–Crippen LogP) is 1.29. The van der Waals surface area contributed by atoms with E-state index in [0.29, 0.717) is 24.8 Å². The number of nitrogens with two attached hydrogens (primary N) is 1. The first-order valence-electron chi connectivity index (χ1n) is 6.64. The molecule has 1 saturated heterocycles. The van der Waals surface area contributed by atoms with Crippen LogP contribution in [0.15, 0.2) is 0 Å². The number of carbonyl (C=O) groups excluding carboxylic acids is 1. The highest BCUT2D eigenvalue weighted by atomic mass is 16.5. The van der Waals surface area contributed by atoms with Crippen molar-refractivity contribution in [1.29, 1.82) is 0 Å². The monoisotopic (exact) mass is 242 g/mol. The van der Waals surface area contributed by atoms with Gasteiger partial charge in [-0.1, -0.05) is 13.8 Å². The minimum atomic E-state index is 0.114. The first-order chi connectivity index (χ1) is 8.02. The Kier molecular flexibility index (Phi) is 5.92. The van der Waals surface area contributed by atoms with Crippen molar-refractivity contribution in [3.8, 4) is 0 Å². The molecule has 4 nitrogen and oxygen atoms in total. The van der Waals surface area contributed by atoms with Gasteiger partial charge in [-0.25, -0.2) is 0 Å². The second-order valence-electron chi connectivity index (χ2n) is 5.47. The lowest BCUT2D eigenvalue weighted by Crippen LogP contribution is -2.40. The highest BCUT2D eigenvalue weighted by molar-refractivity contribution is 5.76. The minimum absolute atomic E-state index is 0.114. The van der Waals surface area contributed by atoms with Crippen molar-refractivity contribution in [2.45, 2.75) is 52.2 Å². The number of ether oxygens (including phenoxy) is 1. The molecule has 3 N–H and O–H groups in total. The molecule has 1 aliphatic rings. The lowest BCUT2D eigenvalue weighted by Gasteiger charge is -2.20. The molecule has 4 heteroatoms. The zero-order chi connectivity index (χ0) is 12.8. The van der Waals surface area contributed by atoms with E-state index in [9.17, 15) is 4.79 Å². The van der Waals surface area contributed by atoms with Gasteiger partial charge in [0.25, 0.3) is 0 Å². The molecule has 3 atom stereocenters. The van der Waals surface area contributed by atoms with Crippen LogP contribution in [0.25, 0.3) is 0 Å². The molecule has 0 spiro atoms. The third-order valence-corrected chi connectivity index (χ3v) is 3.33. The zero-order valence-corrected chi connectivity index (χ0v) is 11.2. The second kappa shape index (κ2) is 6.97. The highest BCUT2D eigenvalue weighted by Gasteiger charge is 2.26. The van der Waals surface area contributed by atoms with E-state index in [-0.39, 0.29) is 18.1 Å². The average Bonchev–Trinajstić information content (AvgIpc) is 2.62. The number of rotatable bonds is 6. The smallest absolute Gasteiger partial charge is 0.220 e. The first kappa shape index (κ1) is 14.5. The van der Waals surface area contributed by atoms with Crippen LogP contribution >= 0.6 is 0 Å². The van der Waals surface area contributed by atoms with Gasteiger partial charge in [0.2, 0.25) is 5.91 Å². The number of amides is 1. The summed E-state index contributed by atoms with van der Waals surface area (Å²) in [7, 11) is 0. The topological polar surface area (TPSA) is 64.4 Å². The molecule has 0 saturated carbocycles. The molecular formula is C13H26N2O2. The minimum Gasteiger partial charge on any atom is -0.376 e. The molecule has 0 aromatic rings. The average molecular weight is 242 g/mol. The summed E-state index contributed by atoms with van der Waals surface area (Å²) in [5.41, 5.74) is 5.70. The Bertz CT molecular complexity index is 244. The molecule has 0 aromatic carbocycles. The normalized spacial score (nSPS) is 26.2. The Morgan fingerprint density at radius 2 is 2.24 bits per heavy atom. The molecule has 0 radical (unpaired) electrons. The third kappa shape index (κ3) is 5.04. The van der Waals surface area contributed by atoms with Crippen molar-refractivity contribution in [3.63, 3.8) is 0 Å². The number of nitrogens with one attached hydrogen (secondary N) is 1. The zero-order valence-electron chi connectivity index (χ0n) is 11.2. The van der Waals surface area contributed by atoms with Gasteiger partial charge in [-0.15, -0.1) is 0 Å². The van der Waals surface area contributed by atoms with E-state index in [1.54, 1.807) is 0 Å². The van der Waals surface area contributed by atoms with Crippen molar-refractivity contribution < 1.29 is 9.53 Å². The summed E-state index contributed by atoms with van der Waals surface area (Å²) in [4.78, 5) is 11.9. The summed E-state index contributed by atoms with van der Waals surface area (Å²) in [5, 5.41) is 3.05. The Morgan fingerprint density at radius 3 is 2.71 bits per heavy atom. The number of hydrogen-bond donors (Lipinski definition) is 2. The fourth-order valence-electron chi connectivity index (χ4n) is 2.38. The number of carbonyl (C=O) groups is 1. The van der Waals surface area contributed by atoms with E-state index in [2.05, 4.69) is 19.2 Å². The van der Waals surface area contributed by atoms with Crippen molar-refractivity contribution in [3.05, 3.63) is 0 Å². The Balaban J connectivity index is 2.31. The van der Waals surface area contributed by atoms with Crippen molar-refractivity contribution in [2.75, 3.05) is 13.2 Å². The van der Waals surface area contributed by atoms with Gasteiger partial charge in [0.15, 0.2) is 0 Å². The molecule has 17 heavy (non-hydrogen) atoms. The summed E-state index contributed by atoms with van der Waals surface area (Å²) in [6.45, 7) is 7.66. The van der Waals surface area contributed by atoms with Crippen LogP contribution in [-0.2, 0) is 9.53 Å². The van der Waals surface area contributed by atoms with Crippen molar-refractivity contribution in [2.24, 2.45) is 17.6 Å². The van der Waals surface area contributed by atoms with Gasteiger partial charge in [-0.2, -0.15) is 0 Å². The van der Waals surface area contributed by atoms with Crippen LogP contribution in [0.1, 0.15) is 40.0 Å². The summed E-state index contributed by atoms with van der Waals surface area (Å²) in [6, 6.07) is 0.181. The molecule has 0 aromatic heterocycles. The first-order valence-corrected chi connectivity index (χ1v) is 6.64. The van der Waals surface area contributed by atoms with Gasteiger partial charge in [0, 0.05) is 13.0 Å². The van der Waals surface area contributed by atoms with Gasteiger partial charge >= 0.3 is 0 Å². The fraction of sp³-hybridized carbons (Fsp3) is 0.923. The van der Waals surface area contributed by atoms with Gasteiger partial charge in [0.1, 0.15) is 0 Å². The summed E-state index contributed by atoms with van der Waals surface area (Å²) >= 11 is 0. The van der Waals surface area contributed by atoms with E-state index >= 15 is 0 Å². The third-order valence-electron chi connectivity index (χ3n) is 3.33. The van der Waals surface area contributed by atoms with E-state index in [1.165, 1.54) is 0 Å². The van der Waals surface area contributed by atoms with Crippen LogP contribution in [-0.4, -0.2) is 31.2 Å². The Hall–Kier alpha value is -0.610. The molecular weight excluding hydrogens is 216 g/mol. The fourth-order valence-corrected chi connectivity index (χ4v) is 2.38. The molecule has 1 aliphatic heterocycles. The van der Waals surface area contributed by atoms with Gasteiger partial charge < -0.3 is 15.8 Å². The molecule has 1 heterocycles. The van der Waals surface area contributed by atoms with E-state index in [1.807, 2.05) is 6.92 Å². The maximum Gasteiger partial charge on any atom is 0.220 e. The standard InChI is InChI=1S/C13H26N2O2/c1-9(2)6-11(8-14)7-13(16)15-12-4-5-17-10(12)3/h9-12H,4-8,14H2,1-3H3,(H,15,16)/t10?,11-,12?/m0/s1. The van der Waals surface area contributed by atoms with Crippen LogP contribution in [0, 0.1) is 11.8 Å². The molecule has 1 amide bonds. The Labute approximate surface area is 104 Å². The highest BCUT2D eigenvalue weighted by Crippen LogP contribution is 2.16. The van der Waals surface area contributed by atoms with Crippen LogP contribution < -0.4 is 11.1 Å². The second-order valence-corrected chi connectivity index (χ2v) is 5.47. The lowest BCUT2D eigenvalue weighted by atomic mass is 9.94. The molecule has 1 rings (SSSR count). The molecule has 2 unspecified atom stereocenters. The number of hydrogen-bond acceptors (Lipinski definition) is 3. The van der Waals surface area contributed by atoms with Crippen LogP contribution in [0.4, 0.5) is 0 Å². The SMILES string of the molecule is CC(C)C[C@H](CN)CC(=O)NC1CCOC1C.